The van der Waals surface area contributed by atoms with Gasteiger partial charge in [-0.1, -0.05) is 26.8 Å². The molecule has 0 aromatic carbocycles. The fraction of sp³-hybridized carbons (Fsp3) is 0.800. The van der Waals surface area contributed by atoms with Gasteiger partial charge >= 0.3 is 5.97 Å². The molecule has 4 aliphatic rings. The Morgan fingerprint density at radius 3 is 2.83 bits per heavy atom. The lowest BCUT2D eigenvalue weighted by molar-refractivity contribution is -0.143. The number of hydrogen-bond acceptors (Lipinski definition) is 3. The highest BCUT2D eigenvalue weighted by atomic mass is 16.5. The molecule has 1 heterocycles. The van der Waals surface area contributed by atoms with E-state index in [9.17, 15) is 9.90 Å². The third-order valence-corrected chi connectivity index (χ3v) is 6.33. The molecule has 3 heteroatoms. The SMILES string of the molecule is CC1(C)CC2C(C=C3COC(=O)C34CC24C)C1O. The van der Waals surface area contributed by atoms with Crippen LogP contribution in [0.1, 0.15) is 33.6 Å². The Hall–Kier alpha value is -0.830. The summed E-state index contributed by atoms with van der Waals surface area (Å²) in [6, 6.07) is 0. The van der Waals surface area contributed by atoms with Crippen molar-refractivity contribution in [2.24, 2.45) is 28.1 Å². The molecule has 98 valence electrons. The predicted molar refractivity (Wildman–Crippen MR) is 65.6 cm³/mol. The highest BCUT2D eigenvalue weighted by Gasteiger charge is 2.80. The van der Waals surface area contributed by atoms with Crippen LogP contribution in [0, 0.1) is 28.1 Å². The van der Waals surface area contributed by atoms with Crippen molar-refractivity contribution in [2.75, 3.05) is 6.61 Å². The van der Waals surface area contributed by atoms with Crippen molar-refractivity contribution in [3.05, 3.63) is 11.6 Å². The lowest BCUT2D eigenvalue weighted by atomic mass is 9.69. The lowest BCUT2D eigenvalue weighted by Gasteiger charge is -2.33. The standard InChI is InChI=1S/C15H20O3/c1-13(2)5-10-9(11(13)16)4-8-6-18-12(17)15(8)7-14(10,15)3/h4,9-11,16H,5-7H2,1-3H3. The van der Waals surface area contributed by atoms with Gasteiger partial charge in [0, 0.05) is 5.92 Å². The molecule has 1 aliphatic heterocycles. The molecule has 0 amide bonds. The minimum absolute atomic E-state index is 0.0195. The van der Waals surface area contributed by atoms with Crippen molar-refractivity contribution < 1.29 is 14.6 Å². The van der Waals surface area contributed by atoms with Gasteiger partial charge in [-0.15, -0.1) is 0 Å². The molecule has 1 saturated heterocycles. The number of esters is 1. The highest BCUT2D eigenvalue weighted by molar-refractivity contribution is 5.89. The maximum Gasteiger partial charge on any atom is 0.317 e. The van der Waals surface area contributed by atoms with E-state index in [4.69, 9.17) is 4.74 Å². The highest BCUT2D eigenvalue weighted by Crippen LogP contribution is 2.79. The van der Waals surface area contributed by atoms with Crippen molar-refractivity contribution >= 4 is 5.97 Å². The monoisotopic (exact) mass is 248 g/mol. The van der Waals surface area contributed by atoms with Crippen molar-refractivity contribution in [1.82, 2.24) is 0 Å². The van der Waals surface area contributed by atoms with E-state index in [1.165, 1.54) is 0 Å². The first-order valence-corrected chi connectivity index (χ1v) is 6.89. The van der Waals surface area contributed by atoms with Crippen molar-refractivity contribution in [3.63, 3.8) is 0 Å². The zero-order chi connectivity index (χ0) is 12.9. The van der Waals surface area contributed by atoms with Crippen molar-refractivity contribution in [1.29, 1.82) is 0 Å². The molecule has 4 rings (SSSR count). The Labute approximate surface area is 107 Å². The normalized spacial score (nSPS) is 55.2. The number of carbonyl (C=O) groups excluding carboxylic acids is 1. The number of ether oxygens (including phenoxy) is 1. The van der Waals surface area contributed by atoms with Crippen LogP contribution in [-0.4, -0.2) is 23.8 Å². The quantitative estimate of drug-likeness (QED) is 0.526. The Balaban J connectivity index is 1.85. The zero-order valence-corrected chi connectivity index (χ0v) is 11.2. The van der Waals surface area contributed by atoms with Crippen LogP contribution in [0.4, 0.5) is 0 Å². The van der Waals surface area contributed by atoms with Crippen LogP contribution in [0.3, 0.4) is 0 Å². The topological polar surface area (TPSA) is 46.5 Å². The molecule has 5 atom stereocenters. The summed E-state index contributed by atoms with van der Waals surface area (Å²) >= 11 is 0. The number of hydrogen-bond donors (Lipinski definition) is 1. The van der Waals surface area contributed by atoms with E-state index in [-0.39, 0.29) is 34.2 Å². The van der Waals surface area contributed by atoms with Gasteiger partial charge in [0.05, 0.1) is 11.5 Å². The minimum atomic E-state index is -0.311. The first-order valence-electron chi connectivity index (χ1n) is 6.89. The number of rotatable bonds is 0. The van der Waals surface area contributed by atoms with Crippen LogP contribution in [-0.2, 0) is 9.53 Å². The second-order valence-electron chi connectivity index (χ2n) is 7.59. The van der Waals surface area contributed by atoms with E-state index in [0.717, 1.165) is 18.4 Å². The largest absolute Gasteiger partial charge is 0.460 e. The molecule has 0 aromatic heterocycles. The molecule has 0 radical (unpaired) electrons. The second-order valence-corrected chi connectivity index (χ2v) is 7.59. The summed E-state index contributed by atoms with van der Waals surface area (Å²) in [7, 11) is 0. The maximum absolute atomic E-state index is 12.1. The summed E-state index contributed by atoms with van der Waals surface area (Å²) < 4.78 is 5.27. The number of cyclic esters (lactones) is 1. The van der Waals surface area contributed by atoms with Gasteiger partial charge in [0.1, 0.15) is 6.61 Å². The molecule has 0 bridgehead atoms. The van der Waals surface area contributed by atoms with Crippen LogP contribution in [0.25, 0.3) is 0 Å². The first kappa shape index (κ1) is 11.0. The van der Waals surface area contributed by atoms with E-state index >= 15 is 0 Å². The maximum atomic E-state index is 12.1. The van der Waals surface area contributed by atoms with Gasteiger partial charge in [-0.25, -0.2) is 0 Å². The van der Waals surface area contributed by atoms with Crippen molar-refractivity contribution in [2.45, 2.75) is 39.7 Å². The van der Waals surface area contributed by atoms with Gasteiger partial charge in [0.25, 0.3) is 0 Å². The summed E-state index contributed by atoms with van der Waals surface area (Å²) in [6.07, 6.45) is 3.81. The number of fused-ring (bicyclic) bond motifs is 2. The molecule has 1 N–H and O–H groups in total. The Kier molecular flexibility index (Phi) is 1.65. The van der Waals surface area contributed by atoms with Crippen LogP contribution < -0.4 is 0 Å². The Morgan fingerprint density at radius 1 is 1.39 bits per heavy atom. The van der Waals surface area contributed by atoms with E-state index in [1.54, 1.807) is 0 Å². The van der Waals surface area contributed by atoms with Crippen LogP contribution in [0.2, 0.25) is 0 Å². The van der Waals surface area contributed by atoms with E-state index in [2.05, 4.69) is 26.8 Å². The first-order chi connectivity index (χ1) is 8.33. The summed E-state index contributed by atoms with van der Waals surface area (Å²) in [6.45, 7) is 6.95. The van der Waals surface area contributed by atoms with E-state index in [0.29, 0.717) is 12.5 Å². The summed E-state index contributed by atoms with van der Waals surface area (Å²) in [5.74, 6) is 0.621. The zero-order valence-electron chi connectivity index (χ0n) is 11.2. The molecule has 18 heavy (non-hydrogen) atoms. The number of aliphatic hydroxyl groups excluding tert-OH is 1. The van der Waals surface area contributed by atoms with E-state index < -0.39 is 0 Å². The third kappa shape index (κ3) is 0.900. The molecular weight excluding hydrogens is 228 g/mol. The molecular formula is C15H20O3. The Morgan fingerprint density at radius 2 is 2.11 bits per heavy atom. The average molecular weight is 248 g/mol. The molecule has 3 fully saturated rings. The van der Waals surface area contributed by atoms with Gasteiger partial charge in [-0.3, -0.25) is 4.79 Å². The predicted octanol–water partition coefficient (Wildman–Crippen LogP) is 1.90. The number of carbonyl (C=O) groups is 1. The summed E-state index contributed by atoms with van der Waals surface area (Å²) in [4.78, 5) is 12.1. The second kappa shape index (κ2) is 2.69. The summed E-state index contributed by atoms with van der Waals surface area (Å²) in [5, 5.41) is 10.5. The Bertz CT molecular complexity index is 492. The smallest absolute Gasteiger partial charge is 0.317 e. The minimum Gasteiger partial charge on any atom is -0.460 e. The fourth-order valence-electron chi connectivity index (χ4n) is 5.11. The molecule has 3 aliphatic carbocycles. The molecule has 2 saturated carbocycles. The lowest BCUT2D eigenvalue weighted by Crippen LogP contribution is -2.34. The average Bonchev–Trinajstić information content (AvgIpc) is 2.75. The van der Waals surface area contributed by atoms with Crippen LogP contribution in [0.15, 0.2) is 11.6 Å². The molecule has 3 nitrogen and oxygen atoms in total. The fourth-order valence-corrected chi connectivity index (χ4v) is 5.11. The summed E-state index contributed by atoms with van der Waals surface area (Å²) in [5.41, 5.74) is 0.827. The molecule has 5 unspecified atom stereocenters. The van der Waals surface area contributed by atoms with Gasteiger partial charge in [0.2, 0.25) is 0 Å². The third-order valence-electron chi connectivity index (χ3n) is 6.33. The van der Waals surface area contributed by atoms with Crippen LogP contribution in [0.5, 0.6) is 0 Å². The number of aliphatic hydroxyl groups is 1. The van der Waals surface area contributed by atoms with Gasteiger partial charge < -0.3 is 9.84 Å². The van der Waals surface area contributed by atoms with E-state index in [1.807, 2.05) is 0 Å². The molecule has 1 spiro atoms. The molecule has 0 aromatic rings. The van der Waals surface area contributed by atoms with Gasteiger partial charge in [0.15, 0.2) is 0 Å². The van der Waals surface area contributed by atoms with Gasteiger partial charge in [-0.2, -0.15) is 0 Å². The van der Waals surface area contributed by atoms with Gasteiger partial charge in [-0.05, 0) is 35.2 Å². The van der Waals surface area contributed by atoms with Crippen LogP contribution >= 0.6 is 0 Å². The van der Waals surface area contributed by atoms with Crippen molar-refractivity contribution in [3.8, 4) is 0 Å².